The first-order valence-corrected chi connectivity index (χ1v) is 10.9. The lowest BCUT2D eigenvalue weighted by atomic mass is 9.63. The van der Waals surface area contributed by atoms with Crippen LogP contribution in [0.1, 0.15) is 46.5 Å². The number of hydrogen-bond acceptors (Lipinski definition) is 10. The number of hydrogen-bond donors (Lipinski definition) is 2. The lowest BCUT2D eigenvalue weighted by Crippen LogP contribution is -2.72. The summed E-state index contributed by atoms with van der Waals surface area (Å²) in [6.45, 7) is 11.1. The second kappa shape index (κ2) is 8.44. The molecule has 10 heteroatoms. The Morgan fingerprint density at radius 3 is 2.41 bits per heavy atom. The third-order valence-electron chi connectivity index (χ3n) is 7.06. The Bertz CT molecular complexity index is 1010. The van der Waals surface area contributed by atoms with Crippen LogP contribution in [0.25, 0.3) is 0 Å². The van der Waals surface area contributed by atoms with Crippen molar-refractivity contribution in [2.75, 3.05) is 13.7 Å². The molecule has 3 rings (SSSR count). The minimum atomic E-state index is -2.30. The lowest BCUT2D eigenvalue weighted by Gasteiger charge is -2.57. The molecule has 10 nitrogen and oxygen atoms in total. The van der Waals surface area contributed by atoms with E-state index in [0.29, 0.717) is 0 Å². The number of ketones is 1. The SMILES string of the molecule is C=C(CO)C(=O)O[C@H]1C[C@@]2(C)OC(=O)/C(=C/C)[C@@]23CC[C@@](C)(O)CC(=O)[C@]1(C(=C)C(=O)OC)O3. The molecule has 2 N–H and O–H groups in total. The summed E-state index contributed by atoms with van der Waals surface area (Å²) in [4.78, 5) is 52.0. The van der Waals surface area contributed by atoms with Gasteiger partial charge in [-0.15, -0.1) is 0 Å². The van der Waals surface area contributed by atoms with Crippen molar-refractivity contribution in [1.29, 1.82) is 0 Å². The van der Waals surface area contributed by atoms with E-state index in [1.807, 2.05) is 0 Å². The highest BCUT2D eigenvalue weighted by Crippen LogP contribution is 2.59. The van der Waals surface area contributed by atoms with Crippen molar-refractivity contribution >= 4 is 23.7 Å². The van der Waals surface area contributed by atoms with Crippen molar-refractivity contribution in [3.8, 4) is 0 Å². The number of ether oxygens (including phenoxy) is 4. The number of esters is 3. The molecule has 0 amide bonds. The van der Waals surface area contributed by atoms with E-state index in [9.17, 15) is 29.4 Å². The van der Waals surface area contributed by atoms with Crippen LogP contribution >= 0.6 is 0 Å². The standard InChI is InChI=1S/C24H30O10/c1-7-15-20(29)33-22(5)11-17(32-18(27)13(2)12-25)24(14(3)19(28)31-6)16(26)10-21(4,30)8-9-23(15,22)34-24/h7,17,25,30H,2-3,8-12H2,1,4-6H3/b15-7-/t17-,21+,22+,23-,24-/m0/s1. The van der Waals surface area contributed by atoms with Gasteiger partial charge in [-0.1, -0.05) is 19.2 Å². The van der Waals surface area contributed by atoms with Gasteiger partial charge in [-0.05, 0) is 33.6 Å². The number of allylic oxidation sites excluding steroid dienone is 1. The van der Waals surface area contributed by atoms with E-state index in [4.69, 9.17) is 18.9 Å². The molecule has 3 saturated heterocycles. The van der Waals surface area contributed by atoms with Crippen molar-refractivity contribution in [2.45, 2.75) is 75.0 Å². The van der Waals surface area contributed by atoms with Gasteiger partial charge < -0.3 is 29.2 Å². The molecule has 0 radical (unpaired) electrons. The van der Waals surface area contributed by atoms with Gasteiger partial charge in [0.25, 0.3) is 0 Å². The molecule has 2 bridgehead atoms. The van der Waals surface area contributed by atoms with Gasteiger partial charge in [-0.25, -0.2) is 14.4 Å². The summed E-state index contributed by atoms with van der Waals surface area (Å²) in [5, 5.41) is 20.3. The smallest absolute Gasteiger partial charge is 0.337 e. The van der Waals surface area contributed by atoms with E-state index < -0.39 is 70.8 Å². The fourth-order valence-electron chi connectivity index (χ4n) is 5.15. The Morgan fingerprint density at radius 2 is 1.85 bits per heavy atom. The predicted octanol–water partition coefficient (Wildman–Crippen LogP) is 0.840. The van der Waals surface area contributed by atoms with Crippen LogP contribution < -0.4 is 0 Å². The lowest BCUT2D eigenvalue weighted by molar-refractivity contribution is -0.271. The third kappa shape index (κ3) is 3.60. The number of aliphatic hydroxyl groups excluding tert-OH is 1. The Kier molecular flexibility index (Phi) is 6.40. The van der Waals surface area contributed by atoms with Gasteiger partial charge in [-0.2, -0.15) is 0 Å². The first-order valence-electron chi connectivity index (χ1n) is 10.9. The highest BCUT2D eigenvalue weighted by atomic mass is 16.6. The number of aliphatic hydroxyl groups is 2. The van der Waals surface area contributed by atoms with Crippen molar-refractivity contribution in [2.24, 2.45) is 0 Å². The first-order chi connectivity index (χ1) is 15.7. The fraction of sp³-hybridized carbons (Fsp3) is 0.583. The number of fused-ring (bicyclic) bond motifs is 1. The molecular weight excluding hydrogens is 448 g/mol. The molecule has 3 aliphatic heterocycles. The van der Waals surface area contributed by atoms with Gasteiger partial charge in [0.15, 0.2) is 11.4 Å². The molecule has 3 heterocycles. The summed E-state index contributed by atoms with van der Waals surface area (Å²) in [5.74, 6) is -3.51. The number of methoxy groups -OCH3 is 1. The number of carbonyl (C=O) groups excluding carboxylic acids is 4. The van der Waals surface area contributed by atoms with E-state index in [1.165, 1.54) is 13.0 Å². The fourth-order valence-corrected chi connectivity index (χ4v) is 5.15. The van der Waals surface area contributed by atoms with Crippen LogP contribution in [0.15, 0.2) is 36.0 Å². The van der Waals surface area contributed by atoms with E-state index in [-0.39, 0.29) is 30.4 Å². The summed E-state index contributed by atoms with van der Waals surface area (Å²) in [7, 11) is 1.09. The molecular formula is C24H30O10. The van der Waals surface area contributed by atoms with Gasteiger partial charge in [0.1, 0.15) is 17.3 Å². The minimum Gasteiger partial charge on any atom is -0.466 e. The van der Waals surface area contributed by atoms with E-state index >= 15 is 0 Å². The Balaban J connectivity index is 2.32. The Morgan fingerprint density at radius 1 is 1.21 bits per heavy atom. The first kappa shape index (κ1) is 25.8. The molecule has 0 saturated carbocycles. The minimum absolute atomic E-state index is 0.0649. The van der Waals surface area contributed by atoms with Crippen molar-refractivity contribution in [3.63, 3.8) is 0 Å². The second-order valence-electron chi connectivity index (χ2n) is 9.41. The highest BCUT2D eigenvalue weighted by Gasteiger charge is 2.74. The van der Waals surface area contributed by atoms with Crippen molar-refractivity contribution in [1.82, 2.24) is 0 Å². The predicted molar refractivity (Wildman–Crippen MR) is 116 cm³/mol. The van der Waals surface area contributed by atoms with Crippen LogP contribution in [0, 0.1) is 0 Å². The molecule has 1 spiro atoms. The van der Waals surface area contributed by atoms with Crippen molar-refractivity contribution < 1.29 is 48.3 Å². The van der Waals surface area contributed by atoms with Crippen LogP contribution in [-0.4, -0.2) is 76.1 Å². The molecule has 3 fully saturated rings. The van der Waals surface area contributed by atoms with Gasteiger partial charge >= 0.3 is 17.9 Å². The van der Waals surface area contributed by atoms with E-state index in [2.05, 4.69) is 13.2 Å². The van der Waals surface area contributed by atoms with Gasteiger partial charge in [0, 0.05) is 12.8 Å². The largest absolute Gasteiger partial charge is 0.466 e. The maximum absolute atomic E-state index is 13.8. The van der Waals surface area contributed by atoms with Crippen LogP contribution in [0.3, 0.4) is 0 Å². The number of rotatable bonds is 5. The molecule has 0 aromatic carbocycles. The zero-order valence-corrected chi connectivity index (χ0v) is 19.8. The monoisotopic (exact) mass is 478 g/mol. The molecule has 34 heavy (non-hydrogen) atoms. The molecule has 186 valence electrons. The summed E-state index contributed by atoms with van der Waals surface area (Å²) >= 11 is 0. The zero-order valence-electron chi connectivity index (χ0n) is 19.8. The van der Waals surface area contributed by atoms with Gasteiger partial charge in [0.05, 0.1) is 36.0 Å². The average Bonchev–Trinajstić information content (AvgIpc) is 2.99. The van der Waals surface area contributed by atoms with Crippen LogP contribution in [0.2, 0.25) is 0 Å². The zero-order chi connectivity index (χ0) is 25.7. The molecule has 0 aliphatic carbocycles. The Labute approximate surface area is 197 Å². The molecule has 0 aromatic rings. The Hall–Kier alpha value is -2.82. The van der Waals surface area contributed by atoms with Gasteiger partial charge in [0.2, 0.25) is 0 Å². The number of Topliss-reactive ketones (excluding diaryl/α,β-unsaturated/α-hetero) is 1. The summed E-state index contributed by atoms with van der Waals surface area (Å²) in [5.41, 5.74) is -7.47. The van der Waals surface area contributed by atoms with Crippen molar-refractivity contribution in [3.05, 3.63) is 36.0 Å². The van der Waals surface area contributed by atoms with Crippen LogP contribution in [0.4, 0.5) is 0 Å². The normalized spacial score (nSPS) is 38.3. The third-order valence-corrected chi connectivity index (χ3v) is 7.06. The van der Waals surface area contributed by atoms with Gasteiger partial charge in [-0.3, -0.25) is 4.79 Å². The maximum Gasteiger partial charge on any atom is 0.337 e. The average molecular weight is 478 g/mol. The molecule has 3 aliphatic rings. The second-order valence-corrected chi connectivity index (χ2v) is 9.41. The van der Waals surface area contributed by atoms with Crippen LogP contribution in [0.5, 0.6) is 0 Å². The molecule has 0 unspecified atom stereocenters. The summed E-state index contributed by atoms with van der Waals surface area (Å²) < 4.78 is 22.5. The summed E-state index contributed by atoms with van der Waals surface area (Å²) in [6.07, 6.45) is -0.558. The maximum atomic E-state index is 13.8. The van der Waals surface area contributed by atoms with Crippen LogP contribution in [-0.2, 0) is 38.1 Å². The topological polar surface area (TPSA) is 146 Å². The number of carbonyl (C=O) groups is 4. The molecule has 5 atom stereocenters. The summed E-state index contributed by atoms with van der Waals surface area (Å²) in [6, 6.07) is 0. The molecule has 0 aromatic heterocycles. The highest BCUT2D eigenvalue weighted by molar-refractivity contribution is 6.05. The quantitative estimate of drug-likeness (QED) is 0.331. The van der Waals surface area contributed by atoms with E-state index in [1.54, 1.807) is 13.8 Å². The van der Waals surface area contributed by atoms with E-state index in [0.717, 1.165) is 7.11 Å².